The minimum atomic E-state index is -0.431. The largest absolute Gasteiger partial charge is 0.469 e. The van der Waals surface area contributed by atoms with E-state index in [9.17, 15) is 9.59 Å². The number of hydrogen-bond acceptors (Lipinski definition) is 3. The molecule has 0 aromatic heterocycles. The summed E-state index contributed by atoms with van der Waals surface area (Å²) in [4.78, 5) is 22.1. The minimum absolute atomic E-state index is 0.0109. The molecule has 1 rings (SSSR count). The van der Waals surface area contributed by atoms with Crippen LogP contribution in [-0.2, 0) is 14.3 Å². The number of allylic oxidation sites excluding steroid dienone is 2. The van der Waals surface area contributed by atoms with Crippen molar-refractivity contribution in [2.24, 2.45) is 0 Å². The number of ketones is 1. The molecule has 1 aliphatic heterocycles. The fraction of sp³-hybridized carbons (Fsp3) is 0.538. The van der Waals surface area contributed by atoms with Gasteiger partial charge in [-0.05, 0) is 29.4 Å². The van der Waals surface area contributed by atoms with Crippen LogP contribution in [0.2, 0.25) is 0 Å². The Kier molecular flexibility index (Phi) is 6.70. The van der Waals surface area contributed by atoms with Crippen molar-refractivity contribution in [1.82, 2.24) is 0 Å². The molecule has 96 valence electrons. The highest BCUT2D eigenvalue weighted by Gasteiger charge is 2.08. The third-order valence-electron chi connectivity index (χ3n) is 2.61. The summed E-state index contributed by atoms with van der Waals surface area (Å²) in [6.07, 6.45) is 7.73. The van der Waals surface area contributed by atoms with Crippen LogP contribution in [0.3, 0.4) is 0 Å². The number of carbonyl (C=O) groups excluding carboxylic acids is 2. The van der Waals surface area contributed by atoms with Gasteiger partial charge in [-0.2, -0.15) is 0 Å². The summed E-state index contributed by atoms with van der Waals surface area (Å²) in [5, 5.41) is 4.52. The maximum atomic E-state index is 11.3. The normalized spacial score (nSPS) is 15.2. The first-order chi connectivity index (χ1) is 8.22. The molecular weight excluding hydrogens is 236 g/mol. The highest BCUT2D eigenvalue weighted by atomic mass is 32.2. The zero-order valence-electron chi connectivity index (χ0n) is 10.2. The van der Waals surface area contributed by atoms with E-state index in [0.717, 1.165) is 19.3 Å². The molecule has 0 atom stereocenters. The fourth-order valence-corrected chi connectivity index (χ4v) is 3.26. The van der Waals surface area contributed by atoms with E-state index in [2.05, 4.69) is 27.7 Å². The van der Waals surface area contributed by atoms with Crippen molar-refractivity contribution >= 4 is 22.6 Å². The van der Waals surface area contributed by atoms with Gasteiger partial charge in [0.25, 0.3) is 0 Å². The number of esters is 1. The summed E-state index contributed by atoms with van der Waals surface area (Å²) >= 11 is 0. The number of hydrogen-bond donors (Lipinski definition) is 1. The maximum Gasteiger partial charge on any atom is 0.313 e. The predicted molar refractivity (Wildman–Crippen MR) is 72.2 cm³/mol. The summed E-state index contributed by atoms with van der Waals surface area (Å²) in [5.74, 6) is 0.774. The maximum absolute atomic E-state index is 11.3. The quantitative estimate of drug-likeness (QED) is 0.314. The van der Waals surface area contributed by atoms with Crippen LogP contribution < -0.4 is 0 Å². The third kappa shape index (κ3) is 6.31. The highest BCUT2D eigenvalue weighted by Crippen LogP contribution is 2.33. The van der Waals surface area contributed by atoms with E-state index >= 15 is 0 Å². The van der Waals surface area contributed by atoms with Gasteiger partial charge in [0.15, 0.2) is 0 Å². The molecule has 0 N–H and O–H groups in total. The monoisotopic (exact) mass is 256 g/mol. The van der Waals surface area contributed by atoms with Gasteiger partial charge in [-0.15, -0.1) is 0 Å². The molecule has 0 aromatic rings. The van der Waals surface area contributed by atoms with Gasteiger partial charge in [0.2, 0.25) is 0 Å². The Labute approximate surface area is 105 Å². The second-order valence-electron chi connectivity index (χ2n) is 4.02. The van der Waals surface area contributed by atoms with E-state index in [1.807, 2.05) is 0 Å². The summed E-state index contributed by atoms with van der Waals surface area (Å²) in [6.45, 7) is 0. The van der Waals surface area contributed by atoms with Gasteiger partial charge in [-0.25, -0.2) is 10.9 Å². The van der Waals surface area contributed by atoms with Crippen LogP contribution in [0.4, 0.5) is 0 Å². The van der Waals surface area contributed by atoms with Crippen LogP contribution >= 0.6 is 10.9 Å². The molecule has 17 heavy (non-hydrogen) atoms. The molecule has 0 amide bonds. The fourth-order valence-electron chi connectivity index (χ4n) is 1.63. The first-order valence-electron chi connectivity index (χ1n) is 5.91. The van der Waals surface area contributed by atoms with Crippen LogP contribution in [0.1, 0.15) is 32.1 Å². The Morgan fingerprint density at radius 1 is 1.12 bits per heavy atom. The zero-order chi connectivity index (χ0) is 12.5. The average molecular weight is 256 g/mol. The topological polar surface area (TPSA) is 43.4 Å². The number of ether oxygens (including phenoxy) is 1. The Hall–Kier alpha value is -1.03. The Balaban J connectivity index is 1.96. The van der Waals surface area contributed by atoms with E-state index in [0.29, 0.717) is 6.42 Å². The third-order valence-corrected chi connectivity index (χ3v) is 4.55. The van der Waals surface area contributed by atoms with Gasteiger partial charge in [0.05, 0.1) is 7.11 Å². The van der Waals surface area contributed by atoms with E-state index < -0.39 is 5.97 Å². The number of rotatable bonds is 8. The lowest BCUT2D eigenvalue weighted by molar-refractivity contribution is -0.143. The number of unbranched alkanes of at least 4 members (excludes halogenated alkanes) is 2. The standard InChI is InChI=1S/C13H20O3S/c1-16-13(15)11-12(14)7-3-2-4-8-17-9-5-6-10-17/h5-6,9-10,17H,2-4,7-8,11H2,1H3. The van der Waals surface area contributed by atoms with E-state index in [4.69, 9.17) is 0 Å². The lowest BCUT2D eigenvalue weighted by Crippen LogP contribution is -2.08. The second kappa shape index (κ2) is 8.12. The van der Waals surface area contributed by atoms with Crippen LogP contribution in [-0.4, -0.2) is 24.6 Å². The lowest BCUT2D eigenvalue weighted by atomic mass is 10.1. The molecule has 3 nitrogen and oxygen atoms in total. The molecule has 0 fully saturated rings. The first kappa shape index (κ1) is 14.0. The molecule has 0 bridgehead atoms. The van der Waals surface area contributed by atoms with Gasteiger partial charge in [0, 0.05) is 6.42 Å². The molecule has 4 heteroatoms. The van der Waals surface area contributed by atoms with E-state index in [1.165, 1.54) is 12.9 Å². The second-order valence-corrected chi connectivity index (χ2v) is 6.10. The van der Waals surface area contributed by atoms with Crippen molar-refractivity contribution in [1.29, 1.82) is 0 Å². The zero-order valence-corrected chi connectivity index (χ0v) is 11.1. The summed E-state index contributed by atoms with van der Waals surface area (Å²) in [6, 6.07) is 0. The van der Waals surface area contributed by atoms with E-state index in [-0.39, 0.29) is 23.1 Å². The lowest BCUT2D eigenvalue weighted by Gasteiger charge is -2.08. The van der Waals surface area contributed by atoms with Gasteiger partial charge in [-0.3, -0.25) is 9.59 Å². The van der Waals surface area contributed by atoms with Crippen molar-refractivity contribution in [3.8, 4) is 0 Å². The Bertz CT molecular complexity index is 309. The van der Waals surface area contributed by atoms with Crippen LogP contribution in [0.25, 0.3) is 0 Å². The van der Waals surface area contributed by atoms with Gasteiger partial charge < -0.3 is 4.74 Å². The molecule has 0 unspecified atom stereocenters. The smallest absolute Gasteiger partial charge is 0.313 e. The average Bonchev–Trinajstić information content (AvgIpc) is 2.81. The van der Waals surface area contributed by atoms with Crippen molar-refractivity contribution in [2.45, 2.75) is 32.1 Å². The Morgan fingerprint density at radius 2 is 1.82 bits per heavy atom. The molecule has 1 heterocycles. The molecular formula is C13H20O3S. The van der Waals surface area contributed by atoms with Crippen molar-refractivity contribution in [2.75, 3.05) is 12.9 Å². The molecule has 0 aliphatic carbocycles. The van der Waals surface area contributed by atoms with Crippen molar-refractivity contribution in [3.05, 3.63) is 23.0 Å². The van der Waals surface area contributed by atoms with Crippen LogP contribution in [0, 0.1) is 0 Å². The number of Topliss-reactive ketones (excluding diaryl/α,β-unsaturated/α-hetero) is 1. The van der Waals surface area contributed by atoms with Crippen molar-refractivity contribution in [3.63, 3.8) is 0 Å². The molecule has 0 aromatic carbocycles. The van der Waals surface area contributed by atoms with Gasteiger partial charge in [0.1, 0.15) is 12.2 Å². The highest BCUT2D eigenvalue weighted by molar-refractivity contribution is 8.22. The SMILES string of the molecule is COC(=O)CC(=O)CCCCC[SH]1C=CC=C1. The van der Waals surface area contributed by atoms with Crippen molar-refractivity contribution < 1.29 is 14.3 Å². The Morgan fingerprint density at radius 3 is 2.47 bits per heavy atom. The molecule has 1 aliphatic rings. The number of methoxy groups -OCH3 is 1. The predicted octanol–water partition coefficient (Wildman–Crippen LogP) is 2.72. The molecule has 0 saturated carbocycles. The molecule has 0 radical (unpaired) electrons. The minimum Gasteiger partial charge on any atom is -0.469 e. The van der Waals surface area contributed by atoms with Crippen LogP contribution in [0.5, 0.6) is 0 Å². The number of thiol groups is 1. The molecule has 0 saturated heterocycles. The summed E-state index contributed by atoms with van der Waals surface area (Å²) in [7, 11) is 1.29. The number of carbonyl (C=O) groups is 2. The van der Waals surface area contributed by atoms with Crippen LogP contribution in [0.15, 0.2) is 23.0 Å². The van der Waals surface area contributed by atoms with Gasteiger partial charge in [-0.1, -0.05) is 18.6 Å². The van der Waals surface area contributed by atoms with E-state index in [1.54, 1.807) is 0 Å². The summed E-state index contributed by atoms with van der Waals surface area (Å²) < 4.78 is 4.44. The molecule has 0 spiro atoms. The van der Waals surface area contributed by atoms with Gasteiger partial charge >= 0.3 is 5.97 Å². The summed E-state index contributed by atoms with van der Waals surface area (Å²) in [5.41, 5.74) is 0. The first-order valence-corrected chi connectivity index (χ1v) is 7.58.